The molecule has 1 amide bonds. The molecule has 2 rings (SSSR count). The number of methoxy groups -OCH3 is 2. The number of nitrogens with one attached hydrogen (secondary N) is 1. The first-order valence-electron chi connectivity index (χ1n) is 8.16. The Bertz CT molecular complexity index is 795. The van der Waals surface area contributed by atoms with Crippen LogP contribution in [-0.4, -0.2) is 32.1 Å². The molecule has 0 aliphatic rings. The predicted molar refractivity (Wildman–Crippen MR) is 94.0 cm³/mol. The molecule has 1 aromatic carbocycles. The number of benzene rings is 1. The highest BCUT2D eigenvalue weighted by Gasteiger charge is 2.19. The summed E-state index contributed by atoms with van der Waals surface area (Å²) in [5.41, 5.74) is 0.744. The lowest BCUT2D eigenvalue weighted by Gasteiger charge is -2.18. The van der Waals surface area contributed by atoms with Crippen molar-refractivity contribution in [2.75, 3.05) is 14.2 Å². The van der Waals surface area contributed by atoms with Crippen molar-refractivity contribution in [2.45, 2.75) is 26.0 Å². The molecule has 1 aromatic heterocycles. The summed E-state index contributed by atoms with van der Waals surface area (Å²) >= 11 is 0. The van der Waals surface area contributed by atoms with Gasteiger partial charge in [-0.2, -0.15) is 0 Å². The molecule has 0 bridgehead atoms. The molecule has 0 aliphatic carbocycles. The van der Waals surface area contributed by atoms with Crippen LogP contribution < -0.4 is 10.1 Å². The molecule has 144 valence electrons. The van der Waals surface area contributed by atoms with E-state index in [4.69, 9.17) is 13.9 Å². The molecular formula is C19H21NO7. The monoisotopic (exact) mass is 375 g/mol. The van der Waals surface area contributed by atoms with Gasteiger partial charge < -0.3 is 23.9 Å². The fourth-order valence-electron chi connectivity index (χ4n) is 2.38. The Morgan fingerprint density at radius 3 is 2.37 bits per heavy atom. The third-order valence-corrected chi connectivity index (χ3v) is 3.69. The lowest BCUT2D eigenvalue weighted by atomic mass is 10.0. The Morgan fingerprint density at radius 1 is 1.07 bits per heavy atom. The molecule has 27 heavy (non-hydrogen) atoms. The summed E-state index contributed by atoms with van der Waals surface area (Å²) in [5.74, 6) is -0.403. The highest BCUT2D eigenvalue weighted by atomic mass is 16.6. The van der Waals surface area contributed by atoms with Crippen LogP contribution in [0.15, 0.2) is 40.8 Å². The summed E-state index contributed by atoms with van der Waals surface area (Å²) in [4.78, 5) is 35.0. The van der Waals surface area contributed by atoms with Gasteiger partial charge in [-0.3, -0.25) is 9.59 Å². The van der Waals surface area contributed by atoms with Crippen LogP contribution in [0.5, 0.6) is 5.75 Å². The highest BCUT2D eigenvalue weighted by molar-refractivity contribution is 5.86. The number of hydrogen-bond acceptors (Lipinski definition) is 7. The predicted octanol–water partition coefficient (Wildman–Crippen LogP) is 2.39. The number of furan rings is 1. The second-order valence-corrected chi connectivity index (χ2v) is 5.65. The van der Waals surface area contributed by atoms with E-state index in [-0.39, 0.29) is 24.7 Å². The van der Waals surface area contributed by atoms with Gasteiger partial charge in [-0.15, -0.1) is 0 Å². The van der Waals surface area contributed by atoms with Gasteiger partial charge in [0.2, 0.25) is 11.7 Å². The maximum Gasteiger partial charge on any atom is 0.373 e. The van der Waals surface area contributed by atoms with E-state index in [9.17, 15) is 14.4 Å². The van der Waals surface area contributed by atoms with Gasteiger partial charge in [-0.1, -0.05) is 12.1 Å². The van der Waals surface area contributed by atoms with Crippen LogP contribution in [0.2, 0.25) is 0 Å². The molecule has 0 radical (unpaired) electrons. The quantitative estimate of drug-likeness (QED) is 0.706. The standard InChI is InChI=1S/C19H21NO7/c1-12(21)20-16(13-4-6-14(24-2)7-5-13)10-18(22)26-11-15-8-9-17(27-15)19(23)25-3/h4-9,16H,10-11H2,1-3H3,(H,20,21). The van der Waals surface area contributed by atoms with Crippen molar-refractivity contribution in [3.8, 4) is 5.75 Å². The van der Waals surface area contributed by atoms with E-state index in [0.717, 1.165) is 5.56 Å². The van der Waals surface area contributed by atoms with Crippen LogP contribution in [0.25, 0.3) is 0 Å². The zero-order valence-electron chi connectivity index (χ0n) is 15.3. The Kier molecular flexibility index (Phi) is 6.99. The Balaban J connectivity index is 1.97. The van der Waals surface area contributed by atoms with Crippen LogP contribution in [0.4, 0.5) is 0 Å². The van der Waals surface area contributed by atoms with Gasteiger partial charge in [0.25, 0.3) is 0 Å². The van der Waals surface area contributed by atoms with Crippen molar-refractivity contribution in [3.05, 3.63) is 53.5 Å². The first-order valence-corrected chi connectivity index (χ1v) is 8.16. The first-order chi connectivity index (χ1) is 12.9. The number of esters is 2. The summed E-state index contributed by atoms with van der Waals surface area (Å²) < 4.78 is 20.0. The molecule has 8 heteroatoms. The number of ether oxygens (including phenoxy) is 3. The normalized spacial score (nSPS) is 11.4. The van der Waals surface area contributed by atoms with E-state index in [2.05, 4.69) is 10.1 Å². The average Bonchev–Trinajstić information content (AvgIpc) is 3.14. The maximum absolute atomic E-state index is 12.2. The SMILES string of the molecule is COC(=O)c1ccc(COC(=O)CC(NC(C)=O)c2ccc(OC)cc2)o1. The molecule has 1 unspecified atom stereocenters. The van der Waals surface area contributed by atoms with Crippen LogP contribution in [0.3, 0.4) is 0 Å². The number of hydrogen-bond donors (Lipinski definition) is 1. The smallest absolute Gasteiger partial charge is 0.373 e. The lowest BCUT2D eigenvalue weighted by Crippen LogP contribution is -2.28. The van der Waals surface area contributed by atoms with Gasteiger partial charge in [0.1, 0.15) is 18.1 Å². The Labute approximate surface area is 156 Å². The van der Waals surface area contributed by atoms with Gasteiger partial charge in [0.05, 0.1) is 26.7 Å². The van der Waals surface area contributed by atoms with Gasteiger partial charge in [0.15, 0.2) is 0 Å². The minimum atomic E-state index is -0.613. The van der Waals surface area contributed by atoms with E-state index in [1.807, 2.05) is 0 Å². The molecule has 0 fully saturated rings. The van der Waals surface area contributed by atoms with Crippen molar-refractivity contribution in [3.63, 3.8) is 0 Å². The van der Waals surface area contributed by atoms with Crippen LogP contribution in [-0.2, 0) is 25.7 Å². The third kappa shape index (κ3) is 5.88. The molecule has 8 nitrogen and oxygen atoms in total. The summed E-state index contributed by atoms with van der Waals surface area (Å²) in [5, 5.41) is 2.72. The van der Waals surface area contributed by atoms with Crippen molar-refractivity contribution in [1.82, 2.24) is 5.32 Å². The highest BCUT2D eigenvalue weighted by Crippen LogP contribution is 2.21. The summed E-state index contributed by atoms with van der Waals surface area (Å²) in [6.07, 6.45) is -0.0591. The second kappa shape index (κ2) is 9.42. The maximum atomic E-state index is 12.2. The summed E-state index contributed by atoms with van der Waals surface area (Å²) in [6, 6.07) is 9.44. The lowest BCUT2D eigenvalue weighted by molar-refractivity contribution is -0.146. The molecule has 0 saturated carbocycles. The van der Waals surface area contributed by atoms with E-state index >= 15 is 0 Å². The minimum Gasteiger partial charge on any atom is -0.497 e. The van der Waals surface area contributed by atoms with Gasteiger partial charge in [-0.25, -0.2) is 4.79 Å². The van der Waals surface area contributed by atoms with Crippen molar-refractivity contribution in [2.24, 2.45) is 0 Å². The van der Waals surface area contributed by atoms with Crippen molar-refractivity contribution in [1.29, 1.82) is 0 Å². The summed E-state index contributed by atoms with van der Waals surface area (Å²) in [6.45, 7) is 1.24. The molecule has 0 spiro atoms. The largest absolute Gasteiger partial charge is 0.497 e. The molecule has 0 aliphatic heterocycles. The third-order valence-electron chi connectivity index (χ3n) is 3.69. The average molecular weight is 375 g/mol. The number of rotatable bonds is 8. The second-order valence-electron chi connectivity index (χ2n) is 5.65. The summed E-state index contributed by atoms with van der Waals surface area (Å²) in [7, 11) is 2.80. The van der Waals surface area contributed by atoms with Gasteiger partial charge >= 0.3 is 11.9 Å². The van der Waals surface area contributed by atoms with Gasteiger partial charge in [-0.05, 0) is 29.8 Å². The number of carbonyl (C=O) groups is 3. The Hall–Kier alpha value is -3.29. The topological polar surface area (TPSA) is 104 Å². The molecule has 1 heterocycles. The zero-order valence-corrected chi connectivity index (χ0v) is 15.3. The van der Waals surface area contributed by atoms with E-state index < -0.39 is 18.0 Å². The fraction of sp³-hybridized carbons (Fsp3) is 0.316. The molecular weight excluding hydrogens is 354 g/mol. The first kappa shape index (κ1) is 20.0. The van der Waals surface area contributed by atoms with Crippen molar-refractivity contribution < 1.29 is 33.0 Å². The van der Waals surface area contributed by atoms with E-state index in [1.54, 1.807) is 31.4 Å². The fourth-order valence-corrected chi connectivity index (χ4v) is 2.38. The number of amides is 1. The molecule has 0 saturated heterocycles. The van der Waals surface area contributed by atoms with Gasteiger partial charge in [0, 0.05) is 6.92 Å². The van der Waals surface area contributed by atoms with Crippen LogP contribution >= 0.6 is 0 Å². The molecule has 1 N–H and O–H groups in total. The van der Waals surface area contributed by atoms with Crippen LogP contribution in [0.1, 0.15) is 41.3 Å². The van der Waals surface area contributed by atoms with E-state index in [0.29, 0.717) is 11.5 Å². The van der Waals surface area contributed by atoms with Crippen LogP contribution in [0, 0.1) is 0 Å². The zero-order chi connectivity index (χ0) is 19.8. The van der Waals surface area contributed by atoms with E-state index in [1.165, 1.54) is 26.2 Å². The molecule has 1 atom stereocenters. The minimum absolute atomic E-state index is 0.0258. The Morgan fingerprint density at radius 2 is 1.78 bits per heavy atom. The number of carbonyl (C=O) groups excluding carboxylic acids is 3. The molecule has 2 aromatic rings. The van der Waals surface area contributed by atoms with Crippen molar-refractivity contribution >= 4 is 17.8 Å².